The van der Waals surface area contributed by atoms with Gasteiger partial charge < -0.3 is 15.7 Å². The van der Waals surface area contributed by atoms with Crippen LogP contribution >= 0.6 is 0 Å². The van der Waals surface area contributed by atoms with Gasteiger partial charge in [0.05, 0.1) is 11.8 Å². The highest BCUT2D eigenvalue weighted by atomic mass is 16.3. The van der Waals surface area contributed by atoms with Crippen LogP contribution in [0.2, 0.25) is 0 Å². The van der Waals surface area contributed by atoms with Gasteiger partial charge in [-0.25, -0.2) is 4.98 Å². The molecule has 0 spiro atoms. The highest BCUT2D eigenvalue weighted by Gasteiger charge is 2.17. The number of benzene rings is 2. The van der Waals surface area contributed by atoms with Crippen LogP contribution in [0.3, 0.4) is 0 Å². The summed E-state index contributed by atoms with van der Waals surface area (Å²) in [5.74, 6) is -0.779. The molecule has 0 aliphatic carbocycles. The van der Waals surface area contributed by atoms with Gasteiger partial charge in [-0.1, -0.05) is 36.4 Å². The minimum atomic E-state index is -0.670. The lowest BCUT2D eigenvalue weighted by Crippen LogP contribution is -2.32. The van der Waals surface area contributed by atoms with E-state index in [0.717, 1.165) is 10.8 Å². The maximum absolute atomic E-state index is 12.8. The van der Waals surface area contributed by atoms with Crippen LogP contribution in [-0.4, -0.2) is 34.6 Å². The Morgan fingerprint density at radius 3 is 2.62 bits per heavy atom. The molecule has 0 radical (unpaired) electrons. The Balaban J connectivity index is 1.87. The van der Waals surface area contributed by atoms with Gasteiger partial charge in [-0.15, -0.1) is 0 Å². The van der Waals surface area contributed by atoms with Crippen molar-refractivity contribution in [3.05, 3.63) is 72.1 Å². The second-order valence-corrected chi connectivity index (χ2v) is 5.94. The molecule has 6 nitrogen and oxygen atoms in total. The Hall–Kier alpha value is -3.25. The molecular weight excluding hydrogens is 330 g/mol. The molecule has 26 heavy (non-hydrogen) atoms. The molecule has 3 N–H and O–H groups in total. The summed E-state index contributed by atoms with van der Waals surface area (Å²) in [5.41, 5.74) is 0.928. The van der Waals surface area contributed by atoms with E-state index in [9.17, 15) is 14.7 Å². The van der Waals surface area contributed by atoms with Gasteiger partial charge in [0.15, 0.2) is 5.69 Å². The van der Waals surface area contributed by atoms with Crippen molar-refractivity contribution in [2.75, 3.05) is 11.9 Å². The maximum Gasteiger partial charge on any atom is 0.272 e. The summed E-state index contributed by atoms with van der Waals surface area (Å²) in [4.78, 5) is 29.1. The molecule has 6 heteroatoms. The molecular formula is C20H19N3O3. The van der Waals surface area contributed by atoms with Crippen molar-refractivity contribution < 1.29 is 14.7 Å². The van der Waals surface area contributed by atoms with Gasteiger partial charge in [0.25, 0.3) is 11.8 Å². The second kappa shape index (κ2) is 7.76. The van der Waals surface area contributed by atoms with Crippen LogP contribution in [0, 0.1) is 0 Å². The van der Waals surface area contributed by atoms with Crippen molar-refractivity contribution in [1.29, 1.82) is 0 Å². The van der Waals surface area contributed by atoms with Crippen LogP contribution in [0.25, 0.3) is 10.8 Å². The second-order valence-electron chi connectivity index (χ2n) is 5.94. The van der Waals surface area contributed by atoms with Crippen LogP contribution in [0.4, 0.5) is 5.69 Å². The van der Waals surface area contributed by atoms with Crippen LogP contribution in [0.5, 0.6) is 0 Å². The third kappa shape index (κ3) is 3.87. The smallest absolute Gasteiger partial charge is 0.272 e. The first-order chi connectivity index (χ1) is 12.6. The third-order valence-corrected chi connectivity index (χ3v) is 3.86. The van der Waals surface area contributed by atoms with E-state index in [1.54, 1.807) is 25.1 Å². The highest BCUT2D eigenvalue weighted by molar-refractivity contribution is 6.14. The summed E-state index contributed by atoms with van der Waals surface area (Å²) in [6.45, 7) is 1.67. The lowest BCUT2D eigenvalue weighted by molar-refractivity contribution is 0.0920. The normalized spacial score (nSPS) is 11.8. The average molecular weight is 349 g/mol. The first-order valence-corrected chi connectivity index (χ1v) is 8.26. The number of nitrogens with one attached hydrogen (secondary N) is 2. The molecule has 132 valence electrons. The van der Waals surface area contributed by atoms with Crippen molar-refractivity contribution in [3.63, 3.8) is 0 Å². The fourth-order valence-electron chi connectivity index (χ4n) is 2.62. The Bertz CT molecular complexity index is 948. The minimum absolute atomic E-state index is 0.0988. The fourth-order valence-corrected chi connectivity index (χ4v) is 2.62. The van der Waals surface area contributed by atoms with Crippen molar-refractivity contribution in [2.24, 2.45) is 0 Å². The van der Waals surface area contributed by atoms with E-state index in [1.165, 1.54) is 6.20 Å². The molecule has 0 aliphatic heterocycles. The number of amides is 2. The maximum atomic E-state index is 12.8. The predicted octanol–water partition coefficient (Wildman–Crippen LogP) is 2.60. The van der Waals surface area contributed by atoms with Gasteiger partial charge in [0, 0.05) is 18.3 Å². The lowest BCUT2D eigenvalue weighted by atomic mass is 10.0. The zero-order valence-corrected chi connectivity index (χ0v) is 14.3. The van der Waals surface area contributed by atoms with E-state index in [-0.39, 0.29) is 18.1 Å². The predicted molar refractivity (Wildman–Crippen MR) is 100 cm³/mol. The Morgan fingerprint density at radius 2 is 1.81 bits per heavy atom. The number of hydrogen-bond acceptors (Lipinski definition) is 4. The zero-order chi connectivity index (χ0) is 18.5. The first-order valence-electron chi connectivity index (χ1n) is 8.26. The minimum Gasteiger partial charge on any atom is -0.392 e. The van der Waals surface area contributed by atoms with Crippen LogP contribution in [0.1, 0.15) is 27.8 Å². The van der Waals surface area contributed by atoms with Gasteiger partial charge in [-0.3, -0.25) is 9.59 Å². The molecule has 1 atom stereocenters. The number of carbonyl (C=O) groups is 2. The number of carbonyl (C=O) groups excluding carboxylic acids is 2. The Labute approximate surface area is 150 Å². The number of rotatable bonds is 5. The zero-order valence-electron chi connectivity index (χ0n) is 14.3. The lowest BCUT2D eigenvalue weighted by Gasteiger charge is -2.12. The summed E-state index contributed by atoms with van der Waals surface area (Å²) >= 11 is 0. The summed E-state index contributed by atoms with van der Waals surface area (Å²) < 4.78 is 0. The molecule has 0 bridgehead atoms. The Kier molecular flexibility index (Phi) is 5.24. The van der Waals surface area contributed by atoms with Gasteiger partial charge in [-0.2, -0.15) is 0 Å². The molecule has 1 unspecified atom stereocenters. The number of anilines is 1. The van der Waals surface area contributed by atoms with Gasteiger partial charge in [-0.05, 0) is 35.9 Å². The van der Waals surface area contributed by atoms with Gasteiger partial charge in [0.2, 0.25) is 0 Å². The molecule has 2 amide bonds. The van der Waals surface area contributed by atoms with E-state index in [1.807, 2.05) is 36.4 Å². The first kappa shape index (κ1) is 17.6. The molecule has 2 aromatic carbocycles. The molecule has 0 fully saturated rings. The van der Waals surface area contributed by atoms with Crippen molar-refractivity contribution in [3.8, 4) is 0 Å². The molecule has 0 aliphatic rings. The van der Waals surface area contributed by atoms with Crippen LogP contribution in [-0.2, 0) is 0 Å². The van der Waals surface area contributed by atoms with E-state index in [2.05, 4.69) is 15.6 Å². The molecule has 1 heterocycles. The molecule has 0 saturated heterocycles. The summed E-state index contributed by atoms with van der Waals surface area (Å²) in [7, 11) is 0. The highest BCUT2D eigenvalue weighted by Crippen LogP contribution is 2.20. The number of fused-ring (bicyclic) bond motifs is 1. The fraction of sp³-hybridized carbons (Fsp3) is 0.150. The van der Waals surface area contributed by atoms with Gasteiger partial charge in [0.1, 0.15) is 0 Å². The average Bonchev–Trinajstić information content (AvgIpc) is 2.66. The molecule has 1 aromatic heterocycles. The van der Waals surface area contributed by atoms with E-state index in [4.69, 9.17) is 0 Å². The van der Waals surface area contributed by atoms with Crippen molar-refractivity contribution >= 4 is 28.3 Å². The number of aliphatic hydroxyl groups is 1. The quantitative estimate of drug-likeness (QED) is 0.660. The van der Waals surface area contributed by atoms with Crippen LogP contribution in [0.15, 0.2) is 60.8 Å². The standard InChI is InChI=1S/C20H19N3O3/c1-13(24)12-22-20(26)18-17(10-5-11-21-18)23-19(25)16-9-4-7-14-6-2-3-8-15(14)16/h2-11,13,24H,12H2,1H3,(H,22,26)(H,23,25). The summed E-state index contributed by atoms with van der Waals surface area (Å²) in [6, 6.07) is 16.4. The largest absolute Gasteiger partial charge is 0.392 e. The molecule has 3 rings (SSSR count). The van der Waals surface area contributed by atoms with E-state index in [0.29, 0.717) is 11.3 Å². The van der Waals surface area contributed by atoms with Gasteiger partial charge >= 0.3 is 0 Å². The molecule has 0 saturated carbocycles. The van der Waals surface area contributed by atoms with Crippen molar-refractivity contribution in [1.82, 2.24) is 10.3 Å². The monoisotopic (exact) mass is 349 g/mol. The third-order valence-electron chi connectivity index (χ3n) is 3.86. The van der Waals surface area contributed by atoms with Crippen molar-refractivity contribution in [2.45, 2.75) is 13.0 Å². The van der Waals surface area contributed by atoms with Crippen LogP contribution < -0.4 is 10.6 Å². The number of pyridine rings is 1. The van der Waals surface area contributed by atoms with E-state index >= 15 is 0 Å². The number of aromatic nitrogens is 1. The number of nitrogens with zero attached hydrogens (tertiary/aromatic N) is 1. The Morgan fingerprint density at radius 1 is 1.04 bits per heavy atom. The molecule has 3 aromatic rings. The SMILES string of the molecule is CC(O)CNC(=O)c1ncccc1NC(=O)c1cccc2ccccc12. The summed E-state index contributed by atoms with van der Waals surface area (Å²) in [6.07, 6.45) is 0.807. The number of aliphatic hydroxyl groups excluding tert-OH is 1. The van der Waals surface area contributed by atoms with E-state index < -0.39 is 12.0 Å². The summed E-state index contributed by atoms with van der Waals surface area (Å²) in [5, 5.41) is 16.4. The number of hydrogen-bond donors (Lipinski definition) is 3. The topological polar surface area (TPSA) is 91.3 Å².